The maximum atomic E-state index is 12.9. The Labute approximate surface area is 126 Å². The van der Waals surface area contributed by atoms with Crippen LogP contribution in [0.15, 0.2) is 0 Å². The van der Waals surface area contributed by atoms with Gasteiger partial charge in [0.2, 0.25) is 5.91 Å². The van der Waals surface area contributed by atoms with Gasteiger partial charge < -0.3 is 9.64 Å². The Balaban J connectivity index is 1.68. The number of hydrogen-bond donors (Lipinski definition) is 0. The second kappa shape index (κ2) is 4.86. The van der Waals surface area contributed by atoms with Gasteiger partial charge in [0.25, 0.3) is 0 Å². The van der Waals surface area contributed by atoms with Gasteiger partial charge in [-0.25, -0.2) is 0 Å². The molecule has 0 N–H and O–H groups in total. The lowest BCUT2D eigenvalue weighted by atomic mass is 9.51. The van der Waals surface area contributed by atoms with Crippen LogP contribution in [-0.2, 0) is 9.53 Å². The van der Waals surface area contributed by atoms with Crippen molar-refractivity contribution in [3.8, 4) is 0 Å². The van der Waals surface area contributed by atoms with E-state index in [9.17, 15) is 4.79 Å². The molecular formula is C13H25B4NO2. The maximum Gasteiger partial charge on any atom is 0.225 e. The highest BCUT2D eigenvalue weighted by Gasteiger charge is 2.45. The van der Waals surface area contributed by atoms with Crippen molar-refractivity contribution < 1.29 is 9.53 Å². The van der Waals surface area contributed by atoms with E-state index in [4.69, 9.17) is 4.74 Å². The van der Waals surface area contributed by atoms with Gasteiger partial charge in [-0.3, -0.25) is 4.79 Å². The first-order valence-electron chi connectivity index (χ1n) is 8.25. The average molecular weight is 271 g/mol. The minimum Gasteiger partial charge on any atom is -0.404 e. The molecule has 2 saturated heterocycles. The first-order valence-corrected chi connectivity index (χ1v) is 8.25. The molecule has 20 heavy (non-hydrogen) atoms. The van der Waals surface area contributed by atoms with Crippen molar-refractivity contribution in [3.05, 3.63) is 0 Å². The van der Waals surface area contributed by atoms with E-state index in [0.29, 0.717) is 5.91 Å². The van der Waals surface area contributed by atoms with E-state index in [0.717, 1.165) is 37.8 Å². The molecule has 2 aliphatic heterocycles. The molecule has 3 nitrogen and oxygen atoms in total. The molecule has 0 radical (unpaired) electrons. The van der Waals surface area contributed by atoms with Crippen LogP contribution in [0.2, 0.25) is 0 Å². The van der Waals surface area contributed by atoms with E-state index >= 15 is 0 Å². The zero-order valence-corrected chi connectivity index (χ0v) is 13.4. The minimum atomic E-state index is -0.183. The van der Waals surface area contributed by atoms with Gasteiger partial charge in [-0.2, -0.15) is 0 Å². The van der Waals surface area contributed by atoms with Gasteiger partial charge in [0.1, 0.15) is 31.4 Å². The fraction of sp³-hybridized carbons (Fsp3) is 0.923. The van der Waals surface area contributed by atoms with Crippen LogP contribution in [0.3, 0.4) is 0 Å². The van der Waals surface area contributed by atoms with E-state index in [-0.39, 0.29) is 16.7 Å². The molecular weight excluding hydrogens is 245 g/mol. The van der Waals surface area contributed by atoms with Gasteiger partial charge in [-0.05, 0) is 37.5 Å². The largest absolute Gasteiger partial charge is 0.404 e. The second-order valence-electron chi connectivity index (χ2n) is 8.42. The molecule has 3 aliphatic rings. The van der Waals surface area contributed by atoms with E-state index in [2.05, 4.69) is 36.3 Å². The van der Waals surface area contributed by atoms with Gasteiger partial charge in [0.05, 0.1) is 0 Å². The molecule has 3 fully saturated rings. The minimum absolute atomic E-state index is 0.146. The fourth-order valence-electron chi connectivity index (χ4n) is 4.94. The second-order valence-corrected chi connectivity index (χ2v) is 8.42. The van der Waals surface area contributed by atoms with Crippen LogP contribution in [-0.4, -0.2) is 66.1 Å². The van der Waals surface area contributed by atoms with Gasteiger partial charge in [0.15, 0.2) is 0 Å². The molecule has 106 valence electrons. The Morgan fingerprint density at radius 3 is 2.00 bits per heavy atom. The zero-order valence-electron chi connectivity index (χ0n) is 13.4. The number of fused-ring (bicyclic) bond motifs is 1. The highest BCUT2D eigenvalue weighted by molar-refractivity contribution is 6.42. The standard InChI is InChI=1S/C13H25B4NO2/c14-12(15)4-10(5-13(16,17)20-12)11(19)18-6-8-2-1-3-9(8)7-18/h8-10H,1-7,14-17H2. The predicted octanol–water partition coefficient (Wildman–Crippen LogP) is -2.49. The van der Waals surface area contributed by atoms with Crippen molar-refractivity contribution in [2.24, 2.45) is 17.8 Å². The van der Waals surface area contributed by atoms with Gasteiger partial charge in [-0.1, -0.05) is 6.42 Å². The number of likely N-dealkylation sites (tertiary alicyclic amines) is 1. The Morgan fingerprint density at radius 2 is 1.50 bits per heavy atom. The van der Waals surface area contributed by atoms with Crippen LogP contribution < -0.4 is 0 Å². The number of amides is 1. The Morgan fingerprint density at radius 1 is 1.00 bits per heavy atom. The third-order valence-corrected chi connectivity index (χ3v) is 5.42. The number of carbonyl (C=O) groups excluding carboxylic acids is 1. The third-order valence-electron chi connectivity index (χ3n) is 5.42. The topological polar surface area (TPSA) is 29.5 Å². The average Bonchev–Trinajstić information content (AvgIpc) is 2.83. The van der Waals surface area contributed by atoms with Crippen molar-refractivity contribution in [2.45, 2.75) is 42.9 Å². The molecule has 1 amide bonds. The van der Waals surface area contributed by atoms with Crippen LogP contribution in [0.4, 0.5) is 0 Å². The summed E-state index contributed by atoms with van der Waals surface area (Å²) in [5.41, 5.74) is 0. The summed E-state index contributed by atoms with van der Waals surface area (Å²) in [4.78, 5) is 15.0. The van der Waals surface area contributed by atoms with Crippen LogP contribution in [0.1, 0.15) is 32.1 Å². The summed E-state index contributed by atoms with van der Waals surface area (Å²) in [6.45, 7) is 2.03. The maximum absolute atomic E-state index is 12.9. The number of hydrogen-bond acceptors (Lipinski definition) is 2. The quantitative estimate of drug-likeness (QED) is 0.494. The lowest BCUT2D eigenvalue weighted by Gasteiger charge is -2.46. The molecule has 0 bridgehead atoms. The third kappa shape index (κ3) is 2.84. The zero-order chi connectivity index (χ0) is 14.5. The highest BCUT2D eigenvalue weighted by atomic mass is 16.5. The van der Waals surface area contributed by atoms with E-state index < -0.39 is 0 Å². The Hall–Kier alpha value is -0.310. The molecule has 2 atom stereocenters. The van der Waals surface area contributed by atoms with Crippen LogP contribution in [0.25, 0.3) is 0 Å². The molecule has 0 aromatic heterocycles. The lowest BCUT2D eigenvalue weighted by molar-refractivity contribution is -0.141. The summed E-state index contributed by atoms with van der Waals surface area (Å²) in [5.74, 6) is 2.12. The van der Waals surface area contributed by atoms with Crippen molar-refractivity contribution in [1.82, 2.24) is 4.90 Å². The van der Waals surface area contributed by atoms with Gasteiger partial charge in [0, 0.05) is 29.8 Å². The number of ether oxygens (including phenoxy) is 1. The Bertz CT molecular complexity index is 387. The number of carbonyl (C=O) groups is 1. The molecule has 0 aromatic carbocycles. The summed E-state index contributed by atoms with van der Waals surface area (Å²) in [7, 11) is 8.47. The Kier molecular flexibility index (Phi) is 3.55. The molecule has 0 aromatic rings. The van der Waals surface area contributed by atoms with Crippen LogP contribution in [0, 0.1) is 17.8 Å². The summed E-state index contributed by atoms with van der Waals surface area (Å²) in [6.07, 6.45) is 5.76. The SMILES string of the molecule is BC1(B)CC(C(=O)N2CC3CCCC3C2)CC(B)(B)O1. The number of nitrogens with zero attached hydrogens (tertiary/aromatic N) is 1. The molecule has 2 heterocycles. The molecule has 1 saturated carbocycles. The summed E-state index contributed by atoms with van der Waals surface area (Å²) >= 11 is 0. The summed E-state index contributed by atoms with van der Waals surface area (Å²) in [5, 5.41) is -0.366. The molecule has 0 spiro atoms. The van der Waals surface area contributed by atoms with E-state index in [1.54, 1.807) is 0 Å². The summed E-state index contributed by atoms with van der Waals surface area (Å²) < 4.78 is 6.11. The van der Waals surface area contributed by atoms with Crippen LogP contribution >= 0.6 is 0 Å². The molecule has 1 aliphatic carbocycles. The van der Waals surface area contributed by atoms with Crippen molar-refractivity contribution in [2.75, 3.05) is 13.1 Å². The monoisotopic (exact) mass is 271 g/mol. The van der Waals surface area contributed by atoms with E-state index in [1.807, 2.05) is 0 Å². The molecule has 2 unspecified atom stereocenters. The van der Waals surface area contributed by atoms with Crippen molar-refractivity contribution in [3.63, 3.8) is 0 Å². The van der Waals surface area contributed by atoms with Gasteiger partial charge >= 0.3 is 0 Å². The van der Waals surface area contributed by atoms with E-state index in [1.165, 1.54) is 19.3 Å². The first-order chi connectivity index (χ1) is 9.26. The molecule has 7 heteroatoms. The highest BCUT2D eigenvalue weighted by Crippen LogP contribution is 2.40. The lowest BCUT2D eigenvalue weighted by Crippen LogP contribution is -2.56. The molecule has 3 rings (SSSR count). The normalized spacial score (nSPS) is 35.9. The van der Waals surface area contributed by atoms with Gasteiger partial charge in [-0.15, -0.1) is 0 Å². The summed E-state index contributed by atoms with van der Waals surface area (Å²) in [6, 6.07) is 0. The van der Waals surface area contributed by atoms with Crippen molar-refractivity contribution in [1.29, 1.82) is 0 Å². The predicted molar refractivity (Wildman–Crippen MR) is 90.9 cm³/mol. The van der Waals surface area contributed by atoms with Crippen LogP contribution in [0.5, 0.6) is 0 Å². The smallest absolute Gasteiger partial charge is 0.225 e. The van der Waals surface area contributed by atoms with Crippen molar-refractivity contribution >= 4 is 37.3 Å². The number of rotatable bonds is 1. The first kappa shape index (κ1) is 14.6. The fourth-order valence-corrected chi connectivity index (χ4v) is 4.94.